The molecule has 3 aliphatic rings. The Labute approximate surface area is 191 Å². The van der Waals surface area contributed by atoms with Crippen LogP contribution in [0.5, 0.6) is 0 Å². The Morgan fingerprint density at radius 1 is 1.03 bits per heavy atom. The zero-order valence-electron chi connectivity index (χ0n) is 18.6. The number of benzene rings is 1. The van der Waals surface area contributed by atoms with Gasteiger partial charge in [0.05, 0.1) is 10.7 Å². The topological polar surface area (TPSA) is 54.4 Å². The van der Waals surface area contributed by atoms with E-state index >= 15 is 0 Å². The normalized spacial score (nSPS) is 21.2. The molecule has 1 saturated carbocycles. The van der Waals surface area contributed by atoms with E-state index < -0.39 is 0 Å². The summed E-state index contributed by atoms with van der Waals surface area (Å²) in [5.74, 6) is 1.67. The summed E-state index contributed by atoms with van der Waals surface area (Å²) in [7, 11) is 1.85. The molecule has 1 aromatic carbocycles. The van der Waals surface area contributed by atoms with Gasteiger partial charge < -0.3 is 20.0 Å². The van der Waals surface area contributed by atoms with Crippen molar-refractivity contribution in [3.05, 3.63) is 29.3 Å². The molecule has 0 aromatic heterocycles. The highest BCUT2D eigenvalue weighted by atomic mass is 35.5. The average Bonchev–Trinajstić information content (AvgIpc) is 2.76. The molecule has 7 nitrogen and oxygen atoms in total. The first kappa shape index (κ1) is 22.2. The molecule has 2 aliphatic heterocycles. The van der Waals surface area contributed by atoms with E-state index in [2.05, 4.69) is 36.0 Å². The summed E-state index contributed by atoms with van der Waals surface area (Å²) in [4.78, 5) is 26.1. The van der Waals surface area contributed by atoms with Crippen molar-refractivity contribution in [2.24, 2.45) is 10.9 Å². The quantitative estimate of drug-likeness (QED) is 0.553. The molecule has 0 unspecified atom stereocenters. The molecule has 3 fully saturated rings. The molecule has 8 heteroatoms. The minimum atomic E-state index is 0.315. The molecule has 2 saturated heterocycles. The van der Waals surface area contributed by atoms with Crippen molar-refractivity contribution in [1.29, 1.82) is 0 Å². The summed E-state index contributed by atoms with van der Waals surface area (Å²) < 4.78 is 0. The van der Waals surface area contributed by atoms with Crippen LogP contribution in [0.3, 0.4) is 0 Å². The monoisotopic (exact) mass is 446 g/mol. The van der Waals surface area contributed by atoms with Crippen molar-refractivity contribution in [3.8, 4) is 0 Å². The van der Waals surface area contributed by atoms with Gasteiger partial charge in [-0.15, -0.1) is 0 Å². The molecule has 170 valence electrons. The molecule has 0 radical (unpaired) electrons. The van der Waals surface area contributed by atoms with Crippen molar-refractivity contribution < 1.29 is 4.79 Å². The Kier molecular flexibility index (Phi) is 7.56. The van der Waals surface area contributed by atoms with Crippen LogP contribution in [0.2, 0.25) is 5.02 Å². The van der Waals surface area contributed by atoms with Gasteiger partial charge in [0.2, 0.25) is 5.91 Å². The number of aliphatic imine (C=N–C) groups is 1. The smallest absolute Gasteiger partial charge is 0.225 e. The van der Waals surface area contributed by atoms with Crippen LogP contribution in [0, 0.1) is 5.92 Å². The first-order valence-electron chi connectivity index (χ1n) is 11.6. The average molecular weight is 447 g/mol. The van der Waals surface area contributed by atoms with E-state index in [9.17, 15) is 4.79 Å². The minimum Gasteiger partial charge on any atom is -0.367 e. The number of halogens is 1. The number of nitrogens with one attached hydrogen (secondary N) is 1. The van der Waals surface area contributed by atoms with E-state index in [-0.39, 0.29) is 0 Å². The third-order valence-corrected chi connectivity index (χ3v) is 7.15. The van der Waals surface area contributed by atoms with Crippen LogP contribution in [0.25, 0.3) is 0 Å². The highest BCUT2D eigenvalue weighted by Gasteiger charge is 2.31. The van der Waals surface area contributed by atoms with E-state index in [1.807, 2.05) is 25.2 Å². The molecule has 31 heavy (non-hydrogen) atoms. The fraction of sp³-hybridized carbons (Fsp3) is 0.652. The van der Waals surface area contributed by atoms with Crippen LogP contribution < -0.4 is 10.2 Å². The van der Waals surface area contributed by atoms with Gasteiger partial charge in [-0.1, -0.05) is 30.2 Å². The standard InChI is InChI=1S/C23H35ClN6O/c1-25-23(30-17-15-28(16-18-30)21-8-3-2-7-20(21)24)26-9-10-27-11-13-29(14-12-27)22(31)19-5-4-6-19/h2-3,7-8,19H,4-6,9-18H2,1H3,(H,25,26). The minimum absolute atomic E-state index is 0.315. The summed E-state index contributed by atoms with van der Waals surface area (Å²) in [6.45, 7) is 9.23. The van der Waals surface area contributed by atoms with Crippen molar-refractivity contribution in [2.45, 2.75) is 19.3 Å². The maximum Gasteiger partial charge on any atom is 0.225 e. The molecule has 2 heterocycles. The highest BCUT2D eigenvalue weighted by molar-refractivity contribution is 6.33. The molecule has 1 aromatic rings. The first-order chi connectivity index (χ1) is 15.2. The number of guanidine groups is 1. The Morgan fingerprint density at radius 3 is 2.32 bits per heavy atom. The Hall–Kier alpha value is -1.99. The number of carbonyl (C=O) groups excluding carboxylic acids is 1. The maximum atomic E-state index is 12.4. The molecule has 1 aliphatic carbocycles. The lowest BCUT2D eigenvalue weighted by Crippen LogP contribution is -2.54. The number of rotatable bonds is 5. The summed E-state index contributed by atoms with van der Waals surface area (Å²) >= 11 is 6.36. The van der Waals surface area contributed by atoms with Crippen LogP contribution in [-0.2, 0) is 4.79 Å². The maximum absolute atomic E-state index is 12.4. The van der Waals surface area contributed by atoms with Crippen LogP contribution >= 0.6 is 11.6 Å². The largest absolute Gasteiger partial charge is 0.367 e. The predicted molar refractivity (Wildman–Crippen MR) is 127 cm³/mol. The Balaban J connectivity index is 1.16. The van der Waals surface area contributed by atoms with E-state index in [1.165, 1.54) is 6.42 Å². The van der Waals surface area contributed by atoms with Crippen molar-refractivity contribution >= 4 is 29.2 Å². The third kappa shape index (κ3) is 5.44. The van der Waals surface area contributed by atoms with Gasteiger partial charge in [0.25, 0.3) is 0 Å². The Bertz CT molecular complexity index is 767. The van der Waals surface area contributed by atoms with E-state index in [0.29, 0.717) is 11.8 Å². The second-order valence-corrected chi connectivity index (χ2v) is 9.10. The van der Waals surface area contributed by atoms with Gasteiger partial charge >= 0.3 is 0 Å². The second kappa shape index (κ2) is 10.6. The third-order valence-electron chi connectivity index (χ3n) is 6.83. The Morgan fingerprint density at radius 2 is 1.71 bits per heavy atom. The van der Waals surface area contributed by atoms with Crippen LogP contribution in [0.1, 0.15) is 19.3 Å². The van der Waals surface area contributed by atoms with Crippen LogP contribution in [0.15, 0.2) is 29.3 Å². The van der Waals surface area contributed by atoms with E-state index in [1.54, 1.807) is 0 Å². The molecule has 4 rings (SSSR count). The number of para-hydroxylation sites is 1. The zero-order valence-corrected chi connectivity index (χ0v) is 19.4. The molecule has 1 N–H and O–H groups in total. The molecule has 1 amide bonds. The number of carbonyl (C=O) groups is 1. The lowest BCUT2D eigenvalue weighted by atomic mass is 9.84. The predicted octanol–water partition coefficient (Wildman–Crippen LogP) is 1.98. The molecular weight excluding hydrogens is 412 g/mol. The van der Waals surface area contributed by atoms with Crippen LogP contribution in [0.4, 0.5) is 5.69 Å². The number of anilines is 1. The van der Waals surface area contributed by atoms with Gasteiger partial charge in [-0.2, -0.15) is 0 Å². The lowest BCUT2D eigenvalue weighted by molar-refractivity contribution is -0.139. The highest BCUT2D eigenvalue weighted by Crippen LogP contribution is 2.28. The molecule has 0 spiro atoms. The number of hydrogen-bond acceptors (Lipinski definition) is 4. The fourth-order valence-corrected chi connectivity index (χ4v) is 4.89. The van der Waals surface area contributed by atoms with Gasteiger partial charge in [0.15, 0.2) is 5.96 Å². The summed E-state index contributed by atoms with van der Waals surface area (Å²) in [5.41, 5.74) is 1.11. The molecular formula is C23H35ClN6O. The van der Waals surface area contributed by atoms with Crippen molar-refractivity contribution in [3.63, 3.8) is 0 Å². The van der Waals surface area contributed by atoms with Crippen molar-refractivity contribution in [1.82, 2.24) is 20.0 Å². The van der Waals surface area contributed by atoms with E-state index in [0.717, 1.165) is 95.0 Å². The SMILES string of the molecule is CN=C(NCCN1CCN(C(=O)C2CCC2)CC1)N1CCN(c2ccccc2Cl)CC1. The number of piperazine rings is 2. The summed E-state index contributed by atoms with van der Waals surface area (Å²) in [6.07, 6.45) is 3.40. The van der Waals surface area contributed by atoms with E-state index in [4.69, 9.17) is 11.6 Å². The summed E-state index contributed by atoms with van der Waals surface area (Å²) in [6, 6.07) is 8.05. The van der Waals surface area contributed by atoms with Gasteiger partial charge in [-0.3, -0.25) is 14.7 Å². The van der Waals surface area contributed by atoms with Crippen molar-refractivity contribution in [2.75, 3.05) is 77.4 Å². The molecule has 0 bridgehead atoms. The molecule has 0 atom stereocenters. The lowest BCUT2D eigenvalue weighted by Gasteiger charge is -2.39. The van der Waals surface area contributed by atoms with Gasteiger partial charge in [-0.25, -0.2) is 0 Å². The number of amides is 1. The summed E-state index contributed by atoms with van der Waals surface area (Å²) in [5, 5.41) is 4.34. The second-order valence-electron chi connectivity index (χ2n) is 8.69. The van der Waals surface area contributed by atoms with Gasteiger partial charge in [0, 0.05) is 78.4 Å². The van der Waals surface area contributed by atoms with Crippen LogP contribution in [-0.4, -0.2) is 99.1 Å². The number of nitrogens with zero attached hydrogens (tertiary/aromatic N) is 5. The zero-order chi connectivity index (χ0) is 21.6. The van der Waals surface area contributed by atoms with Gasteiger partial charge in [-0.05, 0) is 25.0 Å². The fourth-order valence-electron chi connectivity index (χ4n) is 4.63. The number of hydrogen-bond donors (Lipinski definition) is 1. The first-order valence-corrected chi connectivity index (χ1v) is 12.0. The van der Waals surface area contributed by atoms with Gasteiger partial charge in [0.1, 0.15) is 0 Å².